The number of amides is 1. The molecule has 1 amide bonds. The number of hydrogen-bond donors (Lipinski definition) is 0. The van der Waals surface area contributed by atoms with E-state index < -0.39 is 0 Å². The summed E-state index contributed by atoms with van der Waals surface area (Å²) in [5.41, 5.74) is -0.387. The van der Waals surface area contributed by atoms with Crippen LogP contribution in [-0.4, -0.2) is 33.6 Å². The van der Waals surface area contributed by atoms with Gasteiger partial charge in [-0.15, -0.1) is 0 Å². The number of carbonyl (C=O) groups is 1. The highest BCUT2D eigenvalue weighted by Crippen LogP contribution is 2.27. The Kier molecular flexibility index (Phi) is 6.91. The summed E-state index contributed by atoms with van der Waals surface area (Å²) in [4.78, 5) is 13.8. The lowest BCUT2D eigenvalue weighted by atomic mass is 9.91. The highest BCUT2D eigenvalue weighted by Gasteiger charge is 2.27. The SMILES string of the molecule is CCCC(I)CC1CCN(C(=O)OC(C)(C)C)CC1. The van der Waals surface area contributed by atoms with Gasteiger partial charge in [0.05, 0.1) is 0 Å². The molecule has 112 valence electrons. The van der Waals surface area contributed by atoms with Crippen molar-refractivity contribution in [3.05, 3.63) is 0 Å². The minimum absolute atomic E-state index is 0.148. The van der Waals surface area contributed by atoms with Crippen molar-refractivity contribution in [3.63, 3.8) is 0 Å². The van der Waals surface area contributed by atoms with Gasteiger partial charge in [0, 0.05) is 17.0 Å². The summed E-state index contributed by atoms with van der Waals surface area (Å²) < 4.78 is 6.21. The number of alkyl halides is 1. The number of halogens is 1. The Morgan fingerprint density at radius 1 is 1.37 bits per heavy atom. The van der Waals surface area contributed by atoms with Gasteiger partial charge in [-0.2, -0.15) is 0 Å². The Hall–Kier alpha value is 0. The summed E-state index contributed by atoms with van der Waals surface area (Å²) in [5, 5.41) is 0. The molecule has 0 N–H and O–H groups in total. The van der Waals surface area contributed by atoms with Gasteiger partial charge >= 0.3 is 6.09 Å². The van der Waals surface area contributed by atoms with Crippen molar-refractivity contribution in [2.45, 2.75) is 69.3 Å². The average molecular weight is 381 g/mol. The normalized spacial score (nSPS) is 19.3. The number of hydrogen-bond acceptors (Lipinski definition) is 2. The van der Waals surface area contributed by atoms with Crippen LogP contribution in [0.3, 0.4) is 0 Å². The Morgan fingerprint density at radius 3 is 2.42 bits per heavy atom. The van der Waals surface area contributed by atoms with E-state index in [1.54, 1.807) is 0 Å². The first-order valence-electron chi connectivity index (χ1n) is 7.44. The topological polar surface area (TPSA) is 29.5 Å². The van der Waals surface area contributed by atoms with Gasteiger partial charge in [-0.1, -0.05) is 35.9 Å². The fourth-order valence-electron chi connectivity index (χ4n) is 2.47. The lowest BCUT2D eigenvalue weighted by Crippen LogP contribution is -2.42. The highest BCUT2D eigenvalue weighted by atomic mass is 127. The van der Waals surface area contributed by atoms with Gasteiger partial charge in [0.25, 0.3) is 0 Å². The molecular formula is C15H28INO2. The van der Waals surface area contributed by atoms with Crippen LogP contribution in [-0.2, 0) is 4.74 Å². The smallest absolute Gasteiger partial charge is 0.410 e. The molecule has 1 fully saturated rings. The van der Waals surface area contributed by atoms with Crippen LogP contribution in [0.2, 0.25) is 0 Å². The summed E-state index contributed by atoms with van der Waals surface area (Å²) in [5.74, 6) is 0.784. The van der Waals surface area contributed by atoms with E-state index in [9.17, 15) is 4.79 Å². The molecule has 0 radical (unpaired) electrons. The summed E-state index contributed by atoms with van der Waals surface area (Å²) in [6.07, 6.45) is 5.99. The minimum atomic E-state index is -0.387. The standard InChI is InChI=1S/C15H28INO2/c1-5-6-13(16)11-12-7-9-17(10-8-12)14(18)19-15(2,3)4/h12-13H,5-11H2,1-4H3. The summed E-state index contributed by atoms with van der Waals surface area (Å²) in [7, 11) is 0. The van der Waals surface area contributed by atoms with Gasteiger partial charge in [0.15, 0.2) is 0 Å². The van der Waals surface area contributed by atoms with Crippen molar-refractivity contribution in [1.29, 1.82) is 0 Å². The van der Waals surface area contributed by atoms with E-state index in [-0.39, 0.29) is 11.7 Å². The Morgan fingerprint density at radius 2 is 1.95 bits per heavy atom. The zero-order valence-electron chi connectivity index (χ0n) is 12.7. The van der Waals surface area contributed by atoms with Crippen molar-refractivity contribution in [2.75, 3.05) is 13.1 Å². The number of likely N-dealkylation sites (tertiary alicyclic amines) is 1. The quantitative estimate of drug-likeness (QED) is 0.525. The third-order valence-corrected chi connectivity index (χ3v) is 4.59. The van der Waals surface area contributed by atoms with Crippen molar-refractivity contribution in [2.24, 2.45) is 5.92 Å². The van der Waals surface area contributed by atoms with Gasteiger partial charge < -0.3 is 9.64 Å². The van der Waals surface area contributed by atoms with Crippen LogP contribution >= 0.6 is 22.6 Å². The molecule has 19 heavy (non-hydrogen) atoms. The van der Waals surface area contributed by atoms with E-state index in [1.807, 2.05) is 25.7 Å². The first kappa shape index (κ1) is 17.1. The number of nitrogens with zero attached hydrogens (tertiary/aromatic N) is 1. The molecule has 0 bridgehead atoms. The first-order valence-corrected chi connectivity index (χ1v) is 8.68. The average Bonchev–Trinajstić information content (AvgIpc) is 2.27. The van der Waals surface area contributed by atoms with Gasteiger partial charge in [-0.25, -0.2) is 4.79 Å². The molecule has 0 aromatic rings. The van der Waals surface area contributed by atoms with E-state index >= 15 is 0 Å². The van der Waals surface area contributed by atoms with Crippen LogP contribution in [0, 0.1) is 5.92 Å². The Bertz CT molecular complexity index is 280. The molecule has 0 aliphatic carbocycles. The van der Waals surface area contributed by atoms with Gasteiger partial charge in [0.1, 0.15) is 5.60 Å². The molecule has 1 rings (SSSR count). The maximum atomic E-state index is 11.9. The lowest BCUT2D eigenvalue weighted by molar-refractivity contribution is 0.0181. The van der Waals surface area contributed by atoms with Crippen LogP contribution in [0.1, 0.15) is 59.8 Å². The predicted octanol–water partition coefficient (Wildman–Crippen LogP) is 4.63. The van der Waals surface area contributed by atoms with Crippen LogP contribution in [0.15, 0.2) is 0 Å². The molecule has 4 heteroatoms. The third kappa shape index (κ3) is 6.82. The Labute approximate surface area is 131 Å². The fourth-order valence-corrected chi connectivity index (χ4v) is 3.81. The first-order chi connectivity index (χ1) is 8.81. The number of piperidine rings is 1. The van der Waals surface area contributed by atoms with Crippen LogP contribution < -0.4 is 0 Å². The fraction of sp³-hybridized carbons (Fsp3) is 0.933. The second-order valence-corrected chi connectivity index (χ2v) is 8.29. The third-order valence-electron chi connectivity index (χ3n) is 3.46. The van der Waals surface area contributed by atoms with E-state index in [4.69, 9.17) is 4.74 Å². The van der Waals surface area contributed by atoms with Gasteiger partial charge in [0.2, 0.25) is 0 Å². The molecule has 0 aromatic heterocycles. The largest absolute Gasteiger partial charge is 0.444 e. The minimum Gasteiger partial charge on any atom is -0.444 e. The molecule has 1 unspecified atom stereocenters. The van der Waals surface area contributed by atoms with E-state index in [0.717, 1.165) is 35.8 Å². The van der Waals surface area contributed by atoms with Crippen LogP contribution in [0.5, 0.6) is 0 Å². The van der Waals surface area contributed by atoms with Crippen molar-refractivity contribution in [1.82, 2.24) is 4.90 Å². The van der Waals surface area contributed by atoms with Gasteiger partial charge in [-0.3, -0.25) is 0 Å². The molecule has 1 aliphatic rings. The van der Waals surface area contributed by atoms with Crippen molar-refractivity contribution < 1.29 is 9.53 Å². The molecule has 1 heterocycles. The van der Waals surface area contributed by atoms with Crippen LogP contribution in [0.25, 0.3) is 0 Å². The van der Waals surface area contributed by atoms with E-state index in [0.29, 0.717) is 0 Å². The lowest BCUT2D eigenvalue weighted by Gasteiger charge is -2.34. The summed E-state index contributed by atoms with van der Waals surface area (Å²) >= 11 is 2.58. The van der Waals surface area contributed by atoms with Crippen molar-refractivity contribution in [3.8, 4) is 0 Å². The zero-order valence-corrected chi connectivity index (χ0v) is 14.9. The summed E-state index contributed by atoms with van der Waals surface area (Å²) in [6, 6.07) is 0. The van der Waals surface area contributed by atoms with Crippen LogP contribution in [0.4, 0.5) is 4.79 Å². The number of rotatable bonds is 4. The molecule has 1 saturated heterocycles. The maximum absolute atomic E-state index is 11.9. The number of ether oxygens (including phenoxy) is 1. The molecule has 1 aliphatic heterocycles. The van der Waals surface area contributed by atoms with Gasteiger partial charge in [-0.05, 0) is 52.4 Å². The second kappa shape index (κ2) is 7.70. The summed E-state index contributed by atoms with van der Waals surface area (Å²) in [6.45, 7) is 9.72. The Balaban J connectivity index is 2.30. The second-order valence-electron chi connectivity index (χ2n) is 6.53. The molecule has 3 nitrogen and oxygen atoms in total. The molecular weight excluding hydrogens is 353 g/mol. The maximum Gasteiger partial charge on any atom is 0.410 e. The van der Waals surface area contributed by atoms with E-state index in [2.05, 4.69) is 29.5 Å². The molecule has 0 aromatic carbocycles. The highest BCUT2D eigenvalue weighted by molar-refractivity contribution is 14.1. The number of carbonyl (C=O) groups excluding carboxylic acids is 1. The predicted molar refractivity (Wildman–Crippen MR) is 87.9 cm³/mol. The molecule has 0 spiro atoms. The zero-order chi connectivity index (χ0) is 14.5. The molecule has 1 atom stereocenters. The molecule has 0 saturated carbocycles. The monoisotopic (exact) mass is 381 g/mol. The van der Waals surface area contributed by atoms with E-state index in [1.165, 1.54) is 19.3 Å². The van der Waals surface area contributed by atoms with Crippen molar-refractivity contribution >= 4 is 28.7 Å².